The fourth-order valence-electron chi connectivity index (χ4n) is 5.12. The van der Waals surface area contributed by atoms with Crippen molar-refractivity contribution >= 4 is 27.1 Å². The number of H-pyrrole nitrogens is 1. The third-order valence-corrected chi connectivity index (χ3v) is 9.31. The third kappa shape index (κ3) is 4.05. The van der Waals surface area contributed by atoms with Crippen LogP contribution in [0.25, 0.3) is 11.0 Å². The van der Waals surface area contributed by atoms with Gasteiger partial charge in [0.2, 0.25) is 10.0 Å². The van der Waals surface area contributed by atoms with E-state index in [1.807, 2.05) is 12.3 Å². The molecule has 1 N–H and O–H groups in total. The maximum atomic E-state index is 13.1. The summed E-state index contributed by atoms with van der Waals surface area (Å²) in [6.07, 6.45) is 10.2. The van der Waals surface area contributed by atoms with E-state index in [4.69, 9.17) is 4.74 Å². The standard InChI is InChI=1S/C22H30N4O4S/c27-22(30-17-5-2-1-3-6-17)25-14-18(15-25)31(28,29)26-11-8-16(9-12-26)20-13-24-21-19(20)7-4-10-23-21/h4,7,10,13,16-18H,1-3,5-6,8-9,11-12,14-15H2,(H,23,24). The molecule has 31 heavy (non-hydrogen) atoms. The Kier molecular flexibility index (Phi) is 5.64. The van der Waals surface area contributed by atoms with Crippen LogP contribution < -0.4 is 0 Å². The molecular weight excluding hydrogens is 416 g/mol. The number of piperidine rings is 1. The normalized spacial score (nSPS) is 22.5. The molecule has 0 atom stereocenters. The molecule has 1 amide bonds. The van der Waals surface area contributed by atoms with Gasteiger partial charge >= 0.3 is 6.09 Å². The molecule has 3 fully saturated rings. The van der Waals surface area contributed by atoms with Crippen molar-refractivity contribution in [2.75, 3.05) is 26.2 Å². The fraction of sp³-hybridized carbons (Fsp3) is 0.636. The minimum absolute atomic E-state index is 0.00403. The van der Waals surface area contributed by atoms with Crippen LogP contribution >= 0.6 is 0 Å². The summed E-state index contributed by atoms with van der Waals surface area (Å²) in [4.78, 5) is 21.4. The summed E-state index contributed by atoms with van der Waals surface area (Å²) in [5.74, 6) is 0.327. The molecule has 2 aromatic rings. The number of sulfonamides is 1. The van der Waals surface area contributed by atoms with Crippen molar-refractivity contribution in [1.29, 1.82) is 0 Å². The highest BCUT2D eigenvalue weighted by molar-refractivity contribution is 7.89. The zero-order valence-electron chi connectivity index (χ0n) is 17.7. The molecule has 0 unspecified atom stereocenters. The Morgan fingerprint density at radius 2 is 1.84 bits per heavy atom. The van der Waals surface area contributed by atoms with Gasteiger partial charge in [-0.2, -0.15) is 0 Å². The van der Waals surface area contributed by atoms with Crippen LogP contribution in [0.1, 0.15) is 56.4 Å². The summed E-state index contributed by atoms with van der Waals surface area (Å²) in [7, 11) is -3.40. The topological polar surface area (TPSA) is 95.6 Å². The number of ether oxygens (including phenoxy) is 1. The van der Waals surface area contributed by atoms with Gasteiger partial charge < -0.3 is 14.6 Å². The van der Waals surface area contributed by atoms with Crippen molar-refractivity contribution < 1.29 is 17.9 Å². The molecule has 8 nitrogen and oxygen atoms in total. The van der Waals surface area contributed by atoms with Crippen molar-refractivity contribution in [3.05, 3.63) is 30.1 Å². The van der Waals surface area contributed by atoms with E-state index in [-0.39, 0.29) is 25.3 Å². The van der Waals surface area contributed by atoms with Gasteiger partial charge in [-0.05, 0) is 62.1 Å². The summed E-state index contributed by atoms with van der Waals surface area (Å²) >= 11 is 0. The molecule has 0 aromatic carbocycles. The molecule has 4 heterocycles. The Morgan fingerprint density at radius 3 is 2.58 bits per heavy atom. The average Bonchev–Trinajstić information content (AvgIpc) is 3.17. The first kappa shape index (κ1) is 20.8. The van der Waals surface area contributed by atoms with Crippen molar-refractivity contribution in [2.45, 2.75) is 62.2 Å². The summed E-state index contributed by atoms with van der Waals surface area (Å²) in [5.41, 5.74) is 2.10. The zero-order chi connectivity index (χ0) is 21.4. The monoisotopic (exact) mass is 446 g/mol. The molecule has 2 aliphatic heterocycles. The summed E-state index contributed by atoms with van der Waals surface area (Å²) in [6.45, 7) is 1.51. The second kappa shape index (κ2) is 8.43. The number of hydrogen-bond acceptors (Lipinski definition) is 5. The number of pyridine rings is 1. The number of nitrogens with one attached hydrogen (secondary N) is 1. The number of likely N-dealkylation sites (tertiary alicyclic amines) is 1. The van der Waals surface area contributed by atoms with E-state index in [2.05, 4.69) is 16.0 Å². The van der Waals surface area contributed by atoms with Crippen LogP contribution in [0.5, 0.6) is 0 Å². The molecule has 0 bridgehead atoms. The van der Waals surface area contributed by atoms with Crippen LogP contribution in [0.4, 0.5) is 4.79 Å². The molecule has 1 saturated carbocycles. The highest BCUT2D eigenvalue weighted by atomic mass is 32.2. The van der Waals surface area contributed by atoms with E-state index in [1.165, 1.54) is 16.9 Å². The Morgan fingerprint density at radius 1 is 1.10 bits per heavy atom. The lowest BCUT2D eigenvalue weighted by Gasteiger charge is -2.42. The van der Waals surface area contributed by atoms with Gasteiger partial charge in [0.15, 0.2) is 0 Å². The lowest BCUT2D eigenvalue weighted by Crippen LogP contribution is -2.60. The van der Waals surface area contributed by atoms with Gasteiger partial charge in [-0.3, -0.25) is 0 Å². The maximum absolute atomic E-state index is 13.1. The Hall–Kier alpha value is -2.13. The fourth-order valence-corrected chi connectivity index (χ4v) is 7.00. The van der Waals surface area contributed by atoms with Gasteiger partial charge in [0, 0.05) is 44.0 Å². The number of aromatic nitrogens is 2. The predicted octanol–water partition coefficient (Wildman–Crippen LogP) is 3.23. The van der Waals surface area contributed by atoms with E-state index in [9.17, 15) is 13.2 Å². The van der Waals surface area contributed by atoms with E-state index in [0.717, 1.165) is 49.6 Å². The zero-order valence-corrected chi connectivity index (χ0v) is 18.5. The number of amides is 1. The average molecular weight is 447 g/mol. The molecule has 0 spiro atoms. The highest BCUT2D eigenvalue weighted by Gasteiger charge is 2.44. The lowest BCUT2D eigenvalue weighted by molar-refractivity contribution is 0.0328. The van der Waals surface area contributed by atoms with Crippen molar-refractivity contribution in [3.63, 3.8) is 0 Å². The van der Waals surface area contributed by atoms with Crippen molar-refractivity contribution in [2.24, 2.45) is 0 Å². The summed E-state index contributed by atoms with van der Waals surface area (Å²) < 4.78 is 33.3. The number of hydrogen-bond donors (Lipinski definition) is 1. The first-order valence-electron chi connectivity index (χ1n) is 11.4. The first-order chi connectivity index (χ1) is 15.0. The van der Waals surface area contributed by atoms with Crippen LogP contribution in [0, 0.1) is 0 Å². The quantitative estimate of drug-likeness (QED) is 0.778. The number of carbonyl (C=O) groups is 1. The smallest absolute Gasteiger partial charge is 0.410 e. The van der Waals surface area contributed by atoms with Crippen LogP contribution in [-0.4, -0.2) is 71.2 Å². The molecule has 3 aliphatic rings. The molecule has 0 radical (unpaired) electrons. The number of nitrogens with zero attached hydrogens (tertiary/aromatic N) is 3. The van der Waals surface area contributed by atoms with Gasteiger partial charge in [-0.1, -0.05) is 6.42 Å². The molecule has 1 aliphatic carbocycles. The largest absolute Gasteiger partial charge is 0.446 e. The van der Waals surface area contributed by atoms with Gasteiger partial charge in [0.1, 0.15) is 17.0 Å². The second-order valence-corrected chi connectivity index (χ2v) is 11.2. The number of fused-ring (bicyclic) bond motifs is 1. The Balaban J connectivity index is 1.14. The van der Waals surface area contributed by atoms with Crippen LogP contribution in [-0.2, 0) is 14.8 Å². The van der Waals surface area contributed by atoms with Gasteiger partial charge in [0.05, 0.1) is 0 Å². The van der Waals surface area contributed by atoms with E-state index in [0.29, 0.717) is 19.0 Å². The number of aromatic amines is 1. The number of rotatable bonds is 4. The Bertz CT molecular complexity index is 1030. The minimum atomic E-state index is -3.40. The summed E-state index contributed by atoms with van der Waals surface area (Å²) in [6, 6.07) is 3.99. The molecular formula is C22H30N4O4S. The highest BCUT2D eigenvalue weighted by Crippen LogP contribution is 2.34. The van der Waals surface area contributed by atoms with Gasteiger partial charge in [-0.15, -0.1) is 0 Å². The molecule has 9 heteroatoms. The van der Waals surface area contributed by atoms with Crippen molar-refractivity contribution in [3.8, 4) is 0 Å². The maximum Gasteiger partial charge on any atom is 0.410 e. The third-order valence-electron chi connectivity index (χ3n) is 7.08. The SMILES string of the molecule is O=C(OC1CCCCC1)N1CC(S(=O)(=O)N2CCC(c3c[nH]c4ncccc34)CC2)C1. The number of carbonyl (C=O) groups excluding carboxylic acids is 1. The Labute approximate surface area is 183 Å². The van der Waals surface area contributed by atoms with Crippen LogP contribution in [0.15, 0.2) is 24.5 Å². The first-order valence-corrected chi connectivity index (χ1v) is 12.9. The van der Waals surface area contributed by atoms with Gasteiger partial charge in [-0.25, -0.2) is 22.5 Å². The van der Waals surface area contributed by atoms with Gasteiger partial charge in [0.25, 0.3) is 0 Å². The predicted molar refractivity (Wildman–Crippen MR) is 117 cm³/mol. The second-order valence-electron chi connectivity index (χ2n) is 9.03. The van der Waals surface area contributed by atoms with Crippen LogP contribution in [0.3, 0.4) is 0 Å². The van der Waals surface area contributed by atoms with Crippen molar-refractivity contribution in [1.82, 2.24) is 19.2 Å². The molecule has 2 aromatic heterocycles. The van der Waals surface area contributed by atoms with E-state index in [1.54, 1.807) is 10.5 Å². The minimum Gasteiger partial charge on any atom is -0.446 e. The molecule has 168 valence electrons. The van der Waals surface area contributed by atoms with E-state index < -0.39 is 15.3 Å². The molecule has 5 rings (SSSR count). The lowest BCUT2D eigenvalue weighted by atomic mass is 9.90. The van der Waals surface area contributed by atoms with Crippen LogP contribution in [0.2, 0.25) is 0 Å². The molecule has 2 saturated heterocycles. The van der Waals surface area contributed by atoms with E-state index >= 15 is 0 Å². The summed E-state index contributed by atoms with van der Waals surface area (Å²) in [5, 5.41) is 0.607.